The van der Waals surface area contributed by atoms with Crippen LogP contribution in [0.2, 0.25) is 0 Å². The molecule has 0 spiro atoms. The Hall–Kier alpha value is -6.14. The number of fused-ring (bicyclic) bond motifs is 1. The van der Waals surface area contributed by atoms with Crippen LogP contribution in [0.3, 0.4) is 0 Å². The summed E-state index contributed by atoms with van der Waals surface area (Å²) >= 11 is 0. The van der Waals surface area contributed by atoms with E-state index in [2.05, 4.69) is 27.9 Å². The number of hydrogen-bond acceptors (Lipinski definition) is 8. The van der Waals surface area contributed by atoms with Gasteiger partial charge in [0.15, 0.2) is 6.29 Å². The van der Waals surface area contributed by atoms with Gasteiger partial charge in [0.25, 0.3) is 5.91 Å². The van der Waals surface area contributed by atoms with Gasteiger partial charge in [0.1, 0.15) is 12.6 Å². The number of benzene rings is 5. The van der Waals surface area contributed by atoms with E-state index >= 15 is 0 Å². The lowest BCUT2D eigenvalue weighted by molar-refractivity contribution is -0.276. The third-order valence-electron chi connectivity index (χ3n) is 10.6. The molecule has 0 radical (unpaired) electrons. The fourth-order valence-corrected chi connectivity index (χ4v) is 7.48. The lowest BCUT2D eigenvalue weighted by atomic mass is 9.90. The van der Waals surface area contributed by atoms with Crippen molar-refractivity contribution in [3.8, 4) is 11.1 Å². The first kappa shape index (κ1) is 36.8. The Balaban J connectivity index is 0.985. The largest absolute Gasteiger partial charge is 0.445 e. The average molecular weight is 751 g/mol. The number of amides is 3. The van der Waals surface area contributed by atoms with Crippen LogP contribution in [-0.2, 0) is 50.1 Å². The minimum Gasteiger partial charge on any atom is -0.445 e. The van der Waals surface area contributed by atoms with E-state index in [1.807, 2.05) is 128 Å². The second-order valence-corrected chi connectivity index (χ2v) is 14.3. The summed E-state index contributed by atoms with van der Waals surface area (Å²) < 4.78 is 20.8. The number of aliphatic hydroxyl groups is 1. The molecule has 11 heteroatoms. The summed E-state index contributed by atoms with van der Waals surface area (Å²) in [5.41, 5.74) is 7.98. The highest BCUT2D eigenvalue weighted by molar-refractivity contribution is 6.06. The van der Waals surface area contributed by atoms with Gasteiger partial charge in [0.05, 0.1) is 55.7 Å². The Bertz CT molecular complexity index is 2330. The monoisotopic (exact) mass is 750 g/mol. The Labute approximate surface area is 324 Å². The second kappa shape index (κ2) is 16.3. The molecule has 8 rings (SSSR count). The van der Waals surface area contributed by atoms with Crippen molar-refractivity contribution in [2.45, 2.75) is 64.2 Å². The van der Waals surface area contributed by atoms with Gasteiger partial charge in [-0.1, -0.05) is 122 Å². The number of imidazole rings is 1. The van der Waals surface area contributed by atoms with Gasteiger partial charge in [0, 0.05) is 11.5 Å². The summed E-state index contributed by atoms with van der Waals surface area (Å²) in [6.45, 7) is 2.79. The number of hydrogen-bond donors (Lipinski definition) is 2. The number of carbonyl (C=O) groups excluding carboxylic acids is 3. The Kier molecular flexibility index (Phi) is 10.7. The van der Waals surface area contributed by atoms with Crippen molar-refractivity contribution in [2.24, 2.45) is 5.92 Å². The number of imide groups is 1. The van der Waals surface area contributed by atoms with Gasteiger partial charge >= 0.3 is 6.09 Å². The first-order chi connectivity index (χ1) is 27.3. The van der Waals surface area contributed by atoms with Crippen molar-refractivity contribution in [3.05, 3.63) is 162 Å². The van der Waals surface area contributed by atoms with E-state index in [0.29, 0.717) is 6.54 Å². The number of likely N-dealkylation sites (tertiary alicyclic amines) is 1. The van der Waals surface area contributed by atoms with E-state index in [1.54, 1.807) is 0 Å². The Morgan fingerprint density at radius 3 is 2.34 bits per heavy atom. The first-order valence-corrected chi connectivity index (χ1v) is 18.7. The number of para-hydroxylation sites is 2. The molecular weight excluding hydrogens is 709 g/mol. The van der Waals surface area contributed by atoms with Crippen LogP contribution in [0.1, 0.15) is 53.6 Å². The summed E-state index contributed by atoms with van der Waals surface area (Å²) in [4.78, 5) is 44.7. The van der Waals surface area contributed by atoms with E-state index in [0.717, 1.165) is 50.0 Å². The van der Waals surface area contributed by atoms with Crippen LogP contribution in [0.15, 0.2) is 134 Å². The maximum absolute atomic E-state index is 13.4. The van der Waals surface area contributed by atoms with Gasteiger partial charge in [-0.05, 0) is 45.5 Å². The van der Waals surface area contributed by atoms with E-state index in [-0.39, 0.29) is 50.2 Å². The number of carbonyl (C=O) groups is 3. The number of nitrogens with one attached hydrogen (secondary N) is 1. The predicted molar refractivity (Wildman–Crippen MR) is 208 cm³/mol. The van der Waals surface area contributed by atoms with Crippen molar-refractivity contribution >= 4 is 28.9 Å². The Morgan fingerprint density at radius 1 is 0.839 bits per heavy atom. The van der Waals surface area contributed by atoms with Gasteiger partial charge in [-0.15, -0.1) is 0 Å². The minimum atomic E-state index is -0.997. The molecule has 2 N–H and O–H groups in total. The van der Waals surface area contributed by atoms with Crippen molar-refractivity contribution in [1.29, 1.82) is 0 Å². The van der Waals surface area contributed by atoms with Crippen LogP contribution in [0.5, 0.6) is 0 Å². The summed E-state index contributed by atoms with van der Waals surface area (Å²) in [6, 6.07) is 39.7. The SMILES string of the molecule is C[C@@H]1[C@H](Cn2cnc3ccccc32)O[C@H](c2ccc(-c3ccccc3CN3C(=O)CC(NC(=O)OCc4ccccc4)C3=O)cc2)O[C@@H]1c1ccc(CO)cc1. The Morgan fingerprint density at radius 2 is 1.55 bits per heavy atom. The molecule has 5 atom stereocenters. The number of ether oxygens (including phenoxy) is 3. The second-order valence-electron chi connectivity index (χ2n) is 14.3. The van der Waals surface area contributed by atoms with E-state index in [1.165, 1.54) is 4.90 Å². The third-order valence-corrected chi connectivity index (χ3v) is 10.6. The van der Waals surface area contributed by atoms with Crippen molar-refractivity contribution in [2.75, 3.05) is 0 Å². The van der Waals surface area contributed by atoms with Crippen LogP contribution in [0.4, 0.5) is 4.79 Å². The molecule has 3 heterocycles. The van der Waals surface area contributed by atoms with Crippen LogP contribution in [-0.4, -0.2) is 49.6 Å². The predicted octanol–water partition coefficient (Wildman–Crippen LogP) is 7.24. The molecule has 2 fully saturated rings. The molecule has 2 saturated heterocycles. The number of aliphatic hydroxyl groups excluding tert-OH is 1. The molecule has 0 bridgehead atoms. The molecule has 3 amide bonds. The quantitative estimate of drug-likeness (QED) is 0.133. The number of alkyl carbamates (subject to hydrolysis) is 1. The van der Waals surface area contributed by atoms with E-state index in [4.69, 9.17) is 14.2 Å². The molecule has 6 aromatic rings. The minimum absolute atomic E-state index is 0.00993. The number of aromatic nitrogens is 2. The van der Waals surface area contributed by atoms with Gasteiger partial charge in [-0.3, -0.25) is 14.5 Å². The third kappa shape index (κ3) is 7.83. The highest BCUT2D eigenvalue weighted by Gasteiger charge is 2.41. The molecule has 2 aliphatic rings. The lowest BCUT2D eigenvalue weighted by Crippen LogP contribution is -2.41. The molecule has 0 saturated carbocycles. The maximum atomic E-state index is 13.4. The van der Waals surface area contributed by atoms with Gasteiger partial charge < -0.3 is 29.2 Å². The van der Waals surface area contributed by atoms with Gasteiger partial charge in [-0.2, -0.15) is 0 Å². The van der Waals surface area contributed by atoms with Crippen molar-refractivity contribution < 1.29 is 33.7 Å². The zero-order valence-electron chi connectivity index (χ0n) is 30.9. The summed E-state index contributed by atoms with van der Waals surface area (Å²) in [5, 5.41) is 12.2. The molecular formula is C45H42N4O7. The summed E-state index contributed by atoms with van der Waals surface area (Å²) in [6.07, 6.45) is -0.198. The average Bonchev–Trinajstić information content (AvgIpc) is 3.76. The first-order valence-electron chi connectivity index (χ1n) is 18.7. The van der Waals surface area contributed by atoms with Crippen LogP contribution in [0.25, 0.3) is 22.2 Å². The molecule has 5 aromatic carbocycles. The summed E-state index contributed by atoms with van der Waals surface area (Å²) in [7, 11) is 0. The lowest BCUT2D eigenvalue weighted by Gasteiger charge is -2.41. The molecule has 1 aromatic heterocycles. The zero-order chi connectivity index (χ0) is 38.6. The van der Waals surface area contributed by atoms with Crippen LogP contribution in [0, 0.1) is 5.92 Å². The van der Waals surface area contributed by atoms with Crippen molar-refractivity contribution in [1.82, 2.24) is 19.8 Å². The highest BCUT2D eigenvalue weighted by Crippen LogP contribution is 2.43. The fraction of sp³-hybridized carbons (Fsp3) is 0.244. The maximum Gasteiger partial charge on any atom is 0.408 e. The smallest absolute Gasteiger partial charge is 0.408 e. The van der Waals surface area contributed by atoms with E-state index in [9.17, 15) is 19.5 Å². The molecule has 11 nitrogen and oxygen atoms in total. The van der Waals surface area contributed by atoms with Crippen molar-refractivity contribution in [3.63, 3.8) is 0 Å². The normalized spacial score (nSPS) is 21.0. The number of nitrogens with zero attached hydrogens (tertiary/aromatic N) is 3. The molecule has 56 heavy (non-hydrogen) atoms. The van der Waals surface area contributed by atoms with E-state index < -0.39 is 24.3 Å². The molecule has 2 aliphatic heterocycles. The number of rotatable bonds is 11. The highest BCUT2D eigenvalue weighted by atomic mass is 16.7. The summed E-state index contributed by atoms with van der Waals surface area (Å²) in [5.74, 6) is -0.853. The standard InChI is InChI=1S/C45H42N4O7/c1-29-40(25-48-28-46-37-13-7-8-14-39(37)48)55-44(56-42(29)33-17-15-30(26-50)16-18-33)34-21-19-32(20-22-34)36-12-6-5-11-35(36)24-49-41(51)23-38(43(49)52)47-45(53)54-27-31-9-3-2-4-10-31/h2-22,28-29,38,40,42,44,50H,23-27H2,1H3,(H,47,53)/t29-,38?,40+,42+,44+/m1/s1. The molecule has 284 valence electrons. The fourth-order valence-electron chi connectivity index (χ4n) is 7.48. The van der Waals surface area contributed by atoms with Crippen LogP contribution >= 0.6 is 0 Å². The van der Waals surface area contributed by atoms with Gasteiger partial charge in [0.2, 0.25) is 5.91 Å². The van der Waals surface area contributed by atoms with Gasteiger partial charge in [-0.25, -0.2) is 9.78 Å². The zero-order valence-corrected chi connectivity index (χ0v) is 30.9. The molecule has 0 aliphatic carbocycles. The topological polar surface area (TPSA) is 132 Å². The van der Waals surface area contributed by atoms with Crippen LogP contribution < -0.4 is 5.32 Å². The molecule has 1 unspecified atom stereocenters.